The first-order valence-corrected chi connectivity index (χ1v) is 15.5. The minimum atomic E-state index is -1.69. The first kappa shape index (κ1) is 37.0. The summed E-state index contributed by atoms with van der Waals surface area (Å²) in [4.78, 5) is 50.6. The topological polar surface area (TPSA) is 166 Å². The molecule has 0 unspecified atom stereocenters. The van der Waals surface area contributed by atoms with Crippen LogP contribution in [0.4, 0.5) is 0 Å². The quantitative estimate of drug-likeness (QED) is 0.163. The summed E-state index contributed by atoms with van der Waals surface area (Å²) in [5, 5.41) is 27.9. The van der Waals surface area contributed by atoms with E-state index in [1.165, 1.54) is 13.1 Å². The SMILES string of the molecule is CC(C)[C@H](CC(=O)OC(C)(C)C)C(=O)OCOC(=O)[C@H](O)C[C@@H](Cc1ccc(-c2cccc(Cl)c2)cc1)NC(=O)c1cc(O)n(C)n1. The maximum atomic E-state index is 13.0. The summed E-state index contributed by atoms with van der Waals surface area (Å²) in [6.45, 7) is 7.87. The normalized spacial score (nSPS) is 13.4. The van der Waals surface area contributed by atoms with Gasteiger partial charge < -0.3 is 29.7 Å². The van der Waals surface area contributed by atoms with Crippen LogP contribution in [0.25, 0.3) is 11.1 Å². The molecule has 254 valence electrons. The van der Waals surface area contributed by atoms with E-state index in [4.69, 9.17) is 25.8 Å². The highest BCUT2D eigenvalue weighted by molar-refractivity contribution is 6.30. The minimum Gasteiger partial charge on any atom is -0.493 e. The highest BCUT2D eigenvalue weighted by Gasteiger charge is 2.30. The number of halogens is 1. The fourth-order valence-electron chi connectivity index (χ4n) is 4.68. The highest BCUT2D eigenvalue weighted by Crippen LogP contribution is 2.24. The third kappa shape index (κ3) is 11.7. The molecule has 3 aromatic rings. The Labute approximate surface area is 279 Å². The molecule has 0 bridgehead atoms. The molecule has 1 amide bonds. The van der Waals surface area contributed by atoms with Crippen molar-refractivity contribution in [3.05, 3.63) is 70.9 Å². The zero-order chi connectivity index (χ0) is 34.9. The zero-order valence-electron chi connectivity index (χ0n) is 27.4. The fourth-order valence-corrected chi connectivity index (χ4v) is 4.87. The van der Waals surface area contributed by atoms with Gasteiger partial charge in [0, 0.05) is 30.6 Å². The number of aryl methyl sites for hydroxylation is 1. The van der Waals surface area contributed by atoms with Gasteiger partial charge in [-0.2, -0.15) is 5.10 Å². The van der Waals surface area contributed by atoms with Crippen LogP contribution in [0.15, 0.2) is 54.6 Å². The standard InChI is InChI=1S/C34H42ClN3O9/c1-20(2)26(17-30(41)47-34(3,4)5)32(43)45-19-46-33(44)28(39)16-25(36-31(42)27-18-29(40)38(6)37-27)14-21-10-12-22(13-11-21)23-8-7-9-24(35)15-23/h7-13,15,18,20,25-26,28,39-40H,14,16-17,19H2,1-6H3,(H,36,42)/t25-,26+,28-/m1/s1. The largest absolute Gasteiger partial charge is 0.493 e. The highest BCUT2D eigenvalue weighted by atomic mass is 35.5. The van der Waals surface area contributed by atoms with Gasteiger partial charge in [-0.1, -0.05) is 61.8 Å². The van der Waals surface area contributed by atoms with Gasteiger partial charge in [0.1, 0.15) is 5.60 Å². The number of benzene rings is 2. The lowest BCUT2D eigenvalue weighted by atomic mass is 9.92. The summed E-state index contributed by atoms with van der Waals surface area (Å²) in [5.41, 5.74) is 1.87. The van der Waals surface area contributed by atoms with Crippen LogP contribution in [-0.4, -0.2) is 68.3 Å². The Kier molecular flexibility index (Phi) is 12.9. The number of hydrogen-bond donors (Lipinski definition) is 3. The predicted octanol–water partition coefficient (Wildman–Crippen LogP) is 4.59. The molecule has 13 heteroatoms. The zero-order valence-corrected chi connectivity index (χ0v) is 28.1. The van der Waals surface area contributed by atoms with Gasteiger partial charge >= 0.3 is 17.9 Å². The van der Waals surface area contributed by atoms with Crippen LogP contribution in [0.2, 0.25) is 5.02 Å². The van der Waals surface area contributed by atoms with E-state index < -0.39 is 54.3 Å². The van der Waals surface area contributed by atoms with E-state index >= 15 is 0 Å². The summed E-state index contributed by atoms with van der Waals surface area (Å²) in [7, 11) is 1.47. The van der Waals surface area contributed by atoms with Crippen molar-refractivity contribution in [2.75, 3.05) is 6.79 Å². The number of hydrogen-bond acceptors (Lipinski definition) is 10. The van der Waals surface area contributed by atoms with E-state index in [1.807, 2.05) is 42.5 Å². The lowest BCUT2D eigenvalue weighted by Crippen LogP contribution is -2.41. The average molecular weight is 672 g/mol. The number of ether oxygens (including phenoxy) is 3. The molecule has 0 radical (unpaired) electrons. The third-order valence-electron chi connectivity index (χ3n) is 7.11. The second-order valence-electron chi connectivity index (χ2n) is 12.5. The molecule has 0 aliphatic carbocycles. The summed E-state index contributed by atoms with van der Waals surface area (Å²) >= 11 is 6.12. The molecular weight excluding hydrogens is 630 g/mol. The van der Waals surface area contributed by atoms with Crippen molar-refractivity contribution in [2.24, 2.45) is 18.9 Å². The minimum absolute atomic E-state index is 0.0543. The van der Waals surface area contributed by atoms with Crippen LogP contribution in [0.5, 0.6) is 5.88 Å². The number of carbonyl (C=O) groups excluding carboxylic acids is 4. The predicted molar refractivity (Wildman–Crippen MR) is 173 cm³/mol. The number of rotatable bonds is 14. The van der Waals surface area contributed by atoms with Gasteiger partial charge in [-0.15, -0.1) is 0 Å². The Morgan fingerprint density at radius 1 is 0.979 bits per heavy atom. The van der Waals surface area contributed by atoms with Gasteiger partial charge in [0.15, 0.2) is 11.8 Å². The van der Waals surface area contributed by atoms with Gasteiger partial charge in [0.25, 0.3) is 5.91 Å². The molecule has 1 aromatic heterocycles. The Morgan fingerprint density at radius 3 is 2.21 bits per heavy atom. The van der Waals surface area contributed by atoms with Crippen LogP contribution in [0.3, 0.4) is 0 Å². The summed E-state index contributed by atoms with van der Waals surface area (Å²) in [6, 6.07) is 15.3. The van der Waals surface area contributed by atoms with Gasteiger partial charge in [-0.05, 0) is 61.9 Å². The number of aromatic nitrogens is 2. The average Bonchev–Trinajstić information content (AvgIpc) is 3.32. The van der Waals surface area contributed by atoms with E-state index in [0.29, 0.717) is 5.02 Å². The van der Waals surface area contributed by atoms with Crippen LogP contribution in [0, 0.1) is 11.8 Å². The molecule has 47 heavy (non-hydrogen) atoms. The Morgan fingerprint density at radius 2 is 1.64 bits per heavy atom. The first-order chi connectivity index (χ1) is 22.0. The van der Waals surface area contributed by atoms with Crippen molar-refractivity contribution in [1.29, 1.82) is 0 Å². The molecule has 12 nitrogen and oxygen atoms in total. The number of nitrogens with one attached hydrogen (secondary N) is 1. The molecule has 0 spiro atoms. The maximum absolute atomic E-state index is 13.0. The van der Waals surface area contributed by atoms with E-state index in [-0.39, 0.29) is 36.8 Å². The van der Waals surface area contributed by atoms with Crippen molar-refractivity contribution < 1.29 is 43.6 Å². The van der Waals surface area contributed by atoms with E-state index in [1.54, 1.807) is 40.7 Å². The Bertz CT molecular complexity index is 1530. The molecular formula is C34H42ClN3O9. The molecule has 0 aliphatic heterocycles. The monoisotopic (exact) mass is 671 g/mol. The van der Waals surface area contributed by atoms with Crippen molar-refractivity contribution in [3.8, 4) is 17.0 Å². The number of aromatic hydroxyl groups is 1. The van der Waals surface area contributed by atoms with Crippen LogP contribution in [0.1, 0.15) is 63.5 Å². The van der Waals surface area contributed by atoms with Crippen LogP contribution < -0.4 is 5.32 Å². The van der Waals surface area contributed by atoms with Crippen molar-refractivity contribution in [3.63, 3.8) is 0 Å². The molecule has 0 aliphatic rings. The number of aliphatic hydroxyl groups excluding tert-OH is 1. The summed E-state index contributed by atoms with van der Waals surface area (Å²) < 4.78 is 16.5. The van der Waals surface area contributed by atoms with Gasteiger partial charge in [-0.3, -0.25) is 14.4 Å². The van der Waals surface area contributed by atoms with Crippen molar-refractivity contribution in [1.82, 2.24) is 15.1 Å². The molecule has 3 atom stereocenters. The van der Waals surface area contributed by atoms with E-state index in [0.717, 1.165) is 21.4 Å². The number of nitrogens with zero attached hydrogens (tertiary/aromatic N) is 2. The molecule has 0 saturated carbocycles. The fraction of sp³-hybridized carbons (Fsp3) is 0.441. The maximum Gasteiger partial charge on any atom is 0.337 e. The molecule has 3 N–H and O–H groups in total. The smallest absolute Gasteiger partial charge is 0.337 e. The molecule has 0 fully saturated rings. The second kappa shape index (κ2) is 16.4. The van der Waals surface area contributed by atoms with Crippen LogP contribution >= 0.6 is 11.6 Å². The third-order valence-corrected chi connectivity index (χ3v) is 7.35. The van der Waals surface area contributed by atoms with Crippen LogP contribution in [-0.2, 0) is 42.1 Å². The molecule has 1 heterocycles. The van der Waals surface area contributed by atoms with E-state index in [2.05, 4.69) is 10.4 Å². The van der Waals surface area contributed by atoms with E-state index in [9.17, 15) is 29.4 Å². The number of amides is 1. The lowest BCUT2D eigenvalue weighted by molar-refractivity contribution is -0.179. The molecule has 3 rings (SSSR count). The summed E-state index contributed by atoms with van der Waals surface area (Å²) in [5.74, 6) is -4.32. The van der Waals surface area contributed by atoms with Crippen molar-refractivity contribution >= 4 is 35.4 Å². The van der Waals surface area contributed by atoms with Gasteiger partial charge in [-0.25, -0.2) is 9.48 Å². The number of esters is 3. The van der Waals surface area contributed by atoms with Gasteiger partial charge in [0.05, 0.1) is 12.3 Å². The Hall–Kier alpha value is -4.42. The lowest BCUT2D eigenvalue weighted by Gasteiger charge is -2.23. The first-order valence-electron chi connectivity index (χ1n) is 15.1. The second-order valence-corrected chi connectivity index (χ2v) is 13.0. The van der Waals surface area contributed by atoms with Crippen molar-refractivity contribution in [2.45, 2.75) is 71.6 Å². The molecule has 2 aromatic carbocycles. The molecule has 0 saturated heterocycles. The van der Waals surface area contributed by atoms with Gasteiger partial charge in [0.2, 0.25) is 12.7 Å². The number of aliphatic hydroxyl groups is 1. The summed E-state index contributed by atoms with van der Waals surface area (Å²) in [6.07, 6.45) is -1.93. The Balaban J connectivity index is 1.64. The number of carbonyl (C=O) groups is 4.